The summed E-state index contributed by atoms with van der Waals surface area (Å²) >= 11 is 0. The Bertz CT molecular complexity index is 577. The average Bonchev–Trinajstić information content (AvgIpc) is 2.68. The highest BCUT2D eigenvalue weighted by Crippen LogP contribution is 2.06. The zero-order valence-electron chi connectivity index (χ0n) is 10.4. The van der Waals surface area contributed by atoms with E-state index in [4.69, 9.17) is 9.52 Å². The number of nitrogens with one attached hydrogen (secondary N) is 1. The van der Waals surface area contributed by atoms with E-state index in [1.807, 2.05) is 0 Å². The highest BCUT2D eigenvalue weighted by atomic mass is 32.2. The van der Waals surface area contributed by atoms with E-state index in [9.17, 15) is 18.0 Å². The molecular formula is C10H14N2O6S. The summed E-state index contributed by atoms with van der Waals surface area (Å²) in [5, 5.41) is 11.1. The van der Waals surface area contributed by atoms with E-state index in [2.05, 4.69) is 10.3 Å². The van der Waals surface area contributed by atoms with E-state index >= 15 is 0 Å². The van der Waals surface area contributed by atoms with Crippen molar-refractivity contribution in [1.29, 1.82) is 0 Å². The number of aryl methyl sites for hydroxylation is 1. The molecule has 0 spiro atoms. The summed E-state index contributed by atoms with van der Waals surface area (Å²) in [5.74, 6) is -2.48. The topological polar surface area (TPSA) is 127 Å². The summed E-state index contributed by atoms with van der Waals surface area (Å²) in [4.78, 5) is 26.4. The van der Waals surface area contributed by atoms with Gasteiger partial charge in [-0.1, -0.05) is 0 Å². The minimum Gasteiger partial charge on any atom is -0.480 e. The number of carboxylic acid groups (broad SMARTS) is 1. The van der Waals surface area contributed by atoms with E-state index < -0.39 is 27.8 Å². The molecular weight excluding hydrogens is 276 g/mol. The van der Waals surface area contributed by atoms with Crippen LogP contribution in [0.5, 0.6) is 0 Å². The molecule has 0 saturated heterocycles. The number of carbonyl (C=O) groups is 2. The van der Waals surface area contributed by atoms with Crippen LogP contribution in [-0.4, -0.2) is 48.4 Å². The molecule has 1 rings (SSSR count). The minimum atomic E-state index is -3.30. The van der Waals surface area contributed by atoms with Crippen LogP contribution in [0.1, 0.15) is 22.7 Å². The Labute approximate surface area is 109 Å². The van der Waals surface area contributed by atoms with E-state index in [-0.39, 0.29) is 17.9 Å². The van der Waals surface area contributed by atoms with Gasteiger partial charge in [-0.05, 0) is 13.3 Å². The largest absolute Gasteiger partial charge is 0.480 e. The van der Waals surface area contributed by atoms with Crippen molar-refractivity contribution in [3.63, 3.8) is 0 Å². The van der Waals surface area contributed by atoms with Crippen molar-refractivity contribution in [2.24, 2.45) is 0 Å². The Balaban J connectivity index is 2.72. The molecule has 2 N–H and O–H groups in total. The first-order valence-electron chi connectivity index (χ1n) is 5.32. The average molecular weight is 290 g/mol. The monoisotopic (exact) mass is 290 g/mol. The molecule has 0 aromatic carbocycles. The second kappa shape index (κ2) is 5.83. The number of aromatic nitrogens is 1. The lowest BCUT2D eigenvalue weighted by Gasteiger charge is -2.12. The van der Waals surface area contributed by atoms with Crippen LogP contribution >= 0.6 is 0 Å². The number of rotatable bonds is 6. The van der Waals surface area contributed by atoms with Gasteiger partial charge >= 0.3 is 5.97 Å². The molecule has 106 valence electrons. The van der Waals surface area contributed by atoms with Crippen LogP contribution in [0.15, 0.2) is 10.8 Å². The highest BCUT2D eigenvalue weighted by Gasteiger charge is 2.24. The second-order valence-electron chi connectivity index (χ2n) is 4.05. The second-order valence-corrected chi connectivity index (χ2v) is 6.31. The van der Waals surface area contributed by atoms with Gasteiger partial charge in [-0.25, -0.2) is 18.2 Å². The highest BCUT2D eigenvalue weighted by molar-refractivity contribution is 7.90. The first-order valence-corrected chi connectivity index (χ1v) is 7.38. The Morgan fingerprint density at radius 2 is 2.16 bits per heavy atom. The molecule has 1 unspecified atom stereocenters. The lowest BCUT2D eigenvalue weighted by Crippen LogP contribution is -2.42. The number of carbonyl (C=O) groups excluding carboxylic acids is 1. The number of nitrogens with zero attached hydrogens (tertiary/aromatic N) is 1. The predicted molar refractivity (Wildman–Crippen MR) is 64.5 cm³/mol. The van der Waals surface area contributed by atoms with Crippen molar-refractivity contribution < 1.29 is 27.5 Å². The number of hydrogen-bond acceptors (Lipinski definition) is 6. The third kappa shape index (κ3) is 4.70. The number of oxazole rings is 1. The Morgan fingerprint density at radius 1 is 1.53 bits per heavy atom. The molecule has 19 heavy (non-hydrogen) atoms. The fraction of sp³-hybridized carbons (Fsp3) is 0.500. The van der Waals surface area contributed by atoms with Gasteiger partial charge < -0.3 is 14.8 Å². The van der Waals surface area contributed by atoms with E-state index in [1.54, 1.807) is 0 Å². The summed E-state index contributed by atoms with van der Waals surface area (Å²) < 4.78 is 26.8. The molecule has 9 heteroatoms. The zero-order valence-corrected chi connectivity index (χ0v) is 11.2. The van der Waals surface area contributed by atoms with Crippen molar-refractivity contribution in [1.82, 2.24) is 10.3 Å². The van der Waals surface area contributed by atoms with E-state index in [0.717, 1.165) is 12.6 Å². The first-order chi connectivity index (χ1) is 8.70. The molecule has 8 nitrogen and oxygen atoms in total. The molecule has 0 saturated carbocycles. The van der Waals surface area contributed by atoms with E-state index in [1.165, 1.54) is 6.92 Å². The molecule has 1 heterocycles. The SMILES string of the molecule is Cc1ncoc1C(=O)NC(CCS(C)(=O)=O)C(=O)O. The Morgan fingerprint density at radius 3 is 2.58 bits per heavy atom. The van der Waals surface area contributed by atoms with Crippen molar-refractivity contribution in [2.45, 2.75) is 19.4 Å². The predicted octanol–water partition coefficient (Wildman–Crippen LogP) is -0.399. The fourth-order valence-corrected chi connectivity index (χ4v) is 2.00. The molecule has 0 aliphatic heterocycles. The van der Waals surface area contributed by atoms with Gasteiger partial charge in [0.25, 0.3) is 5.91 Å². The lowest BCUT2D eigenvalue weighted by atomic mass is 10.2. The summed E-state index contributed by atoms with van der Waals surface area (Å²) in [7, 11) is -3.30. The van der Waals surface area contributed by atoms with Gasteiger partial charge in [-0.3, -0.25) is 4.79 Å². The summed E-state index contributed by atoms with van der Waals surface area (Å²) in [6.07, 6.45) is 1.85. The minimum absolute atomic E-state index is 0.0920. The Kier molecular flexibility index (Phi) is 4.65. The third-order valence-electron chi connectivity index (χ3n) is 2.33. The van der Waals surface area contributed by atoms with Gasteiger partial charge in [0.2, 0.25) is 5.76 Å². The molecule has 0 aliphatic carbocycles. The molecule has 1 amide bonds. The number of hydrogen-bond donors (Lipinski definition) is 2. The smallest absolute Gasteiger partial charge is 0.326 e. The standard InChI is InChI=1S/C10H14N2O6S/c1-6-8(18-5-11-6)9(13)12-7(10(14)15)3-4-19(2,16)17/h5,7H,3-4H2,1-2H3,(H,12,13)(H,14,15). The summed E-state index contributed by atoms with van der Waals surface area (Å²) in [5.41, 5.74) is 0.324. The van der Waals surface area contributed by atoms with Gasteiger partial charge in [0.1, 0.15) is 15.9 Å². The molecule has 0 fully saturated rings. The maximum atomic E-state index is 11.7. The molecule has 1 aromatic heterocycles. The maximum Gasteiger partial charge on any atom is 0.326 e. The Hall–Kier alpha value is -1.90. The van der Waals surface area contributed by atoms with Crippen molar-refractivity contribution in [3.8, 4) is 0 Å². The molecule has 0 aliphatic rings. The number of aliphatic carboxylic acids is 1. The van der Waals surface area contributed by atoms with E-state index in [0.29, 0.717) is 5.69 Å². The van der Waals surface area contributed by atoms with Crippen LogP contribution in [0, 0.1) is 6.92 Å². The third-order valence-corrected chi connectivity index (χ3v) is 3.31. The van der Waals surface area contributed by atoms with Crippen molar-refractivity contribution in [3.05, 3.63) is 17.8 Å². The fourth-order valence-electron chi connectivity index (χ4n) is 1.33. The molecule has 1 atom stereocenters. The van der Waals surface area contributed by atoms with Crippen LogP contribution in [0.25, 0.3) is 0 Å². The van der Waals surface area contributed by atoms with Crippen LogP contribution in [-0.2, 0) is 14.6 Å². The summed E-state index contributed by atoms with van der Waals surface area (Å²) in [6, 6.07) is -1.30. The lowest BCUT2D eigenvalue weighted by molar-refractivity contribution is -0.139. The number of amides is 1. The van der Waals surface area contributed by atoms with Crippen LogP contribution in [0.2, 0.25) is 0 Å². The number of carboxylic acids is 1. The molecule has 0 radical (unpaired) electrons. The quantitative estimate of drug-likeness (QED) is 0.729. The maximum absolute atomic E-state index is 11.7. The molecule has 0 bridgehead atoms. The van der Waals surface area contributed by atoms with Gasteiger partial charge in [0, 0.05) is 6.26 Å². The van der Waals surface area contributed by atoms with Crippen molar-refractivity contribution in [2.75, 3.05) is 12.0 Å². The zero-order chi connectivity index (χ0) is 14.6. The summed E-state index contributed by atoms with van der Waals surface area (Å²) in [6.45, 7) is 1.53. The molecule has 1 aromatic rings. The van der Waals surface area contributed by atoms with Gasteiger partial charge in [0.15, 0.2) is 6.39 Å². The normalized spacial score (nSPS) is 12.9. The number of sulfone groups is 1. The van der Waals surface area contributed by atoms with Gasteiger partial charge in [-0.15, -0.1) is 0 Å². The van der Waals surface area contributed by atoms with Crippen molar-refractivity contribution >= 4 is 21.7 Å². The van der Waals surface area contributed by atoms with Crippen LogP contribution in [0.4, 0.5) is 0 Å². The van der Waals surface area contributed by atoms with Gasteiger partial charge in [0.05, 0.1) is 11.4 Å². The van der Waals surface area contributed by atoms with Crippen LogP contribution < -0.4 is 5.32 Å². The van der Waals surface area contributed by atoms with Gasteiger partial charge in [-0.2, -0.15) is 0 Å². The first kappa shape index (κ1) is 15.2. The van der Waals surface area contributed by atoms with Crippen LogP contribution in [0.3, 0.4) is 0 Å².